The predicted molar refractivity (Wildman–Crippen MR) is 251 cm³/mol. The quantitative estimate of drug-likeness (QED) is 0.0265. The van der Waals surface area contributed by atoms with Gasteiger partial charge in [0, 0.05) is 60.4 Å². The van der Waals surface area contributed by atoms with Crippen molar-refractivity contribution in [2.75, 3.05) is 38.5 Å². The Morgan fingerprint density at radius 2 is 1.49 bits per heavy atom. The number of aliphatic hydroxyl groups excluding tert-OH is 2. The second kappa shape index (κ2) is 26.3. The summed E-state index contributed by atoms with van der Waals surface area (Å²) >= 11 is 1.80. The van der Waals surface area contributed by atoms with Gasteiger partial charge in [0.1, 0.15) is 24.1 Å². The summed E-state index contributed by atoms with van der Waals surface area (Å²) in [5.74, 6) is -2.94. The number of Topliss-reactive ketones (excluding diaryl/α,β-unsaturated/α-hetero) is 1. The lowest BCUT2D eigenvalue weighted by molar-refractivity contribution is -0.263. The first kappa shape index (κ1) is 52.7. The molecule has 20 nitrogen and oxygen atoms in total. The summed E-state index contributed by atoms with van der Waals surface area (Å²) in [5.41, 5.74) is 1.82. The molecule has 4 fully saturated rings. The van der Waals surface area contributed by atoms with E-state index in [4.69, 9.17) is 9.47 Å². The number of aliphatic hydroxyl groups is 2. The molecule has 6 amide bonds. The molecule has 1 saturated carbocycles. The number of hydrogen-bond acceptors (Lipinski definition) is 14. The lowest BCUT2D eigenvalue weighted by atomic mass is 9.89. The summed E-state index contributed by atoms with van der Waals surface area (Å²) in [6, 6.07) is 14.9. The van der Waals surface area contributed by atoms with Gasteiger partial charge in [-0.2, -0.15) is 11.8 Å². The Kier molecular flexibility index (Phi) is 20.1. The molecule has 3 saturated heterocycles. The van der Waals surface area contributed by atoms with Crippen LogP contribution in [0.3, 0.4) is 0 Å². The molecule has 374 valence electrons. The number of urea groups is 1. The number of carboxylic acids is 1. The highest BCUT2D eigenvalue weighted by Gasteiger charge is 2.45. The van der Waals surface area contributed by atoms with Crippen molar-refractivity contribution in [1.29, 1.82) is 0 Å². The minimum absolute atomic E-state index is 0.0522. The number of thioether (sulfide) groups is 1. The van der Waals surface area contributed by atoms with Gasteiger partial charge in [-0.05, 0) is 43.6 Å². The molecule has 3 aliphatic heterocycles. The molecule has 69 heavy (non-hydrogen) atoms. The van der Waals surface area contributed by atoms with Crippen LogP contribution in [0.5, 0.6) is 0 Å². The van der Waals surface area contributed by atoms with E-state index in [1.54, 1.807) is 60.3 Å². The van der Waals surface area contributed by atoms with Crippen LogP contribution in [0.2, 0.25) is 0 Å². The molecule has 0 unspecified atom stereocenters. The number of carbonyl (C=O) groups is 8. The fraction of sp³-hybridized carbons (Fsp3) is 0.542. The molecule has 6 rings (SSSR count). The van der Waals surface area contributed by atoms with Gasteiger partial charge in [-0.1, -0.05) is 73.2 Å². The van der Waals surface area contributed by atoms with Gasteiger partial charge in [0.25, 0.3) is 0 Å². The fourth-order valence-electron chi connectivity index (χ4n) is 8.91. The lowest BCUT2D eigenvalue weighted by Gasteiger charge is -2.43. The van der Waals surface area contributed by atoms with Gasteiger partial charge in [-0.15, -0.1) is 0 Å². The maximum Gasteiger partial charge on any atom is 0.315 e. The molecule has 0 radical (unpaired) electrons. The molecule has 2 aromatic rings. The highest BCUT2D eigenvalue weighted by atomic mass is 32.2. The van der Waals surface area contributed by atoms with Crippen molar-refractivity contribution in [2.24, 2.45) is 11.8 Å². The van der Waals surface area contributed by atoms with Gasteiger partial charge in [0.2, 0.25) is 23.6 Å². The summed E-state index contributed by atoms with van der Waals surface area (Å²) in [4.78, 5) is 97.9. The van der Waals surface area contributed by atoms with Crippen molar-refractivity contribution < 1.29 is 63.1 Å². The zero-order valence-electron chi connectivity index (χ0n) is 38.3. The van der Waals surface area contributed by atoms with Crippen LogP contribution in [0.25, 0.3) is 0 Å². The summed E-state index contributed by atoms with van der Waals surface area (Å²) < 4.78 is 12.2. The van der Waals surface area contributed by atoms with E-state index in [1.165, 1.54) is 0 Å². The molecule has 21 heteroatoms. The summed E-state index contributed by atoms with van der Waals surface area (Å²) in [6.07, 6.45) is 2.61. The molecule has 0 aromatic heterocycles. The van der Waals surface area contributed by atoms with Crippen LogP contribution >= 0.6 is 11.8 Å². The Morgan fingerprint density at radius 1 is 0.812 bits per heavy atom. The van der Waals surface area contributed by atoms with Crippen LogP contribution in [-0.2, 0) is 44.8 Å². The number of nitrogens with one attached hydrogen (secondary N) is 7. The largest absolute Gasteiger partial charge is 0.481 e. The Bertz CT molecular complexity index is 2150. The van der Waals surface area contributed by atoms with Crippen LogP contribution in [0, 0.1) is 11.8 Å². The lowest BCUT2D eigenvalue weighted by Crippen LogP contribution is -2.64. The van der Waals surface area contributed by atoms with Crippen molar-refractivity contribution in [3.8, 4) is 0 Å². The smallest absolute Gasteiger partial charge is 0.315 e. The predicted octanol–water partition coefficient (Wildman–Crippen LogP) is 0.436. The number of amides is 6. The monoisotopic (exact) mass is 977 g/mol. The summed E-state index contributed by atoms with van der Waals surface area (Å²) in [5, 5.41) is 50.9. The number of benzene rings is 2. The molecule has 0 bridgehead atoms. The molecule has 4 aliphatic rings. The van der Waals surface area contributed by atoms with Crippen molar-refractivity contribution in [2.45, 2.75) is 112 Å². The highest BCUT2D eigenvalue weighted by molar-refractivity contribution is 8.00. The molecular formula is C48H63N7O13S. The van der Waals surface area contributed by atoms with Gasteiger partial charge in [0.05, 0.1) is 44.4 Å². The van der Waals surface area contributed by atoms with E-state index in [2.05, 4.69) is 37.2 Å². The SMILES string of the molecule is O=C(O)C[C@H]1CCC(=O)[C@@H]1C/C=C\CCO[C@@H]1O[C@H](CNC(=O)CNC(=O)CNC(=O)CNC(=O)CCCC[C@@H]2SC[C@@H]3NC(=O)N[C@@H]32)[C@H](O)[C@H](O)[C@H]1NCc1ccc(C(=O)c2ccccc2)cc1. The molecule has 0 spiro atoms. The second-order valence-corrected chi connectivity index (χ2v) is 18.9. The Balaban J connectivity index is 0.915. The first-order chi connectivity index (χ1) is 33.2. The molecule has 1 aliphatic carbocycles. The number of allylic oxidation sites excluding steroid dienone is 1. The Labute approximate surface area is 404 Å². The molecule has 3 heterocycles. The zero-order chi connectivity index (χ0) is 49.3. The van der Waals surface area contributed by atoms with E-state index >= 15 is 0 Å². The number of ether oxygens (including phenoxy) is 2. The standard InChI is InChI=1S/C48H63N7O13S/c56-34-19-18-31(21-41(61)62)32(34)11-5-2-8-20-67-47-43(53-22-28-14-16-30(17-15-28)44(63)29-9-3-1-4-10-29)46(65)45(64)35(68-47)23-49-38(58)25-51-40(60)26-52-39(59)24-50-37(57)13-7-6-12-36-42-33(27-69-36)54-48(66)55-42/h1-5,9-10,14-17,31-33,35-36,42-43,45-47,53,64-65H,6-8,11-13,18-27H2,(H,49,58)(H,50,57)(H,51,60)(H,52,59)(H,61,62)(H2,54,55,66)/b5-2-/t31-,32-,33+,35-,36+,42+,43-,45+,46-,47-/m1/s1. The van der Waals surface area contributed by atoms with Crippen LogP contribution in [0.4, 0.5) is 4.79 Å². The fourth-order valence-corrected chi connectivity index (χ4v) is 10.5. The topological polar surface area (TPSA) is 300 Å². The normalized spacial score (nSPS) is 26.2. The van der Waals surface area contributed by atoms with Crippen LogP contribution in [0.1, 0.15) is 79.3 Å². The summed E-state index contributed by atoms with van der Waals surface area (Å²) in [6.45, 7) is -1.22. The van der Waals surface area contributed by atoms with E-state index in [-0.39, 0.29) is 86.5 Å². The first-order valence-corrected chi connectivity index (χ1v) is 24.5. The number of fused-ring (bicyclic) bond motifs is 1. The molecule has 2 aromatic carbocycles. The second-order valence-electron chi connectivity index (χ2n) is 17.7. The van der Waals surface area contributed by atoms with Crippen LogP contribution in [-0.4, -0.2) is 149 Å². The van der Waals surface area contributed by atoms with E-state index in [9.17, 15) is 53.7 Å². The summed E-state index contributed by atoms with van der Waals surface area (Å²) in [7, 11) is 0. The van der Waals surface area contributed by atoms with E-state index < -0.39 is 67.4 Å². The van der Waals surface area contributed by atoms with Crippen LogP contribution < -0.4 is 37.2 Å². The number of ketones is 2. The van der Waals surface area contributed by atoms with Gasteiger partial charge < -0.3 is 62.0 Å². The third-order valence-electron chi connectivity index (χ3n) is 12.7. The third-order valence-corrected chi connectivity index (χ3v) is 14.2. The minimum Gasteiger partial charge on any atom is -0.481 e. The average Bonchev–Trinajstić information content (AvgIpc) is 4.02. The number of hydrogen-bond donors (Lipinski definition) is 10. The molecular weight excluding hydrogens is 915 g/mol. The van der Waals surface area contributed by atoms with Gasteiger partial charge in [-0.25, -0.2) is 4.79 Å². The van der Waals surface area contributed by atoms with Crippen molar-refractivity contribution in [3.05, 3.63) is 83.4 Å². The van der Waals surface area contributed by atoms with Crippen molar-refractivity contribution in [1.82, 2.24) is 37.2 Å². The first-order valence-electron chi connectivity index (χ1n) is 23.5. The minimum atomic E-state index is -1.49. The van der Waals surface area contributed by atoms with Crippen LogP contribution in [0.15, 0.2) is 66.7 Å². The third kappa shape index (κ3) is 15.9. The van der Waals surface area contributed by atoms with E-state index in [0.717, 1.165) is 24.2 Å². The number of unbranched alkanes of at least 4 members (excludes halogenated alkanes) is 1. The number of rotatable bonds is 26. The van der Waals surface area contributed by atoms with Gasteiger partial charge in [-0.3, -0.25) is 33.6 Å². The Hall–Kier alpha value is -5.71. The number of carbonyl (C=O) groups excluding carboxylic acids is 7. The highest BCUT2D eigenvalue weighted by Crippen LogP contribution is 2.35. The Morgan fingerprint density at radius 3 is 2.20 bits per heavy atom. The zero-order valence-corrected chi connectivity index (χ0v) is 39.1. The molecule has 10 N–H and O–H groups in total. The van der Waals surface area contributed by atoms with Gasteiger partial charge in [0.15, 0.2) is 12.1 Å². The van der Waals surface area contributed by atoms with E-state index in [1.807, 2.05) is 18.2 Å². The maximum absolute atomic E-state index is 12.9. The van der Waals surface area contributed by atoms with Crippen molar-refractivity contribution in [3.63, 3.8) is 0 Å². The van der Waals surface area contributed by atoms with Gasteiger partial charge >= 0.3 is 12.0 Å². The molecule has 10 atom stereocenters. The number of aliphatic carboxylic acids is 1. The average molecular weight is 978 g/mol. The van der Waals surface area contributed by atoms with Crippen molar-refractivity contribution >= 4 is 59.0 Å². The van der Waals surface area contributed by atoms with E-state index in [0.29, 0.717) is 48.5 Å². The number of carboxylic acid groups (broad SMARTS) is 1. The maximum atomic E-state index is 12.9.